The molecule has 8 atom stereocenters. The van der Waals surface area contributed by atoms with E-state index in [9.17, 15) is 34.2 Å². The molecule has 1 aliphatic heterocycles. The van der Waals surface area contributed by atoms with Gasteiger partial charge in [0.15, 0.2) is 11.6 Å². The molecule has 57 heavy (non-hydrogen) atoms. The number of imide groups is 1. The number of carbonyl (C=O) groups excluding carboxylic acids is 3. The standard InChI is InChI=1S/C44H60FN3O9/c1-8-10-11-12-19-48-24-29(40(53)54)35(50)28-22-30(45)34(36(56-7)33(28)48)47-20-15-27(16-21-47)39(52)46-41(55)57-32-23-42(5,9-2)38(51)26(4)44-17-13-25(3)43(32,6)37(44)31(49)14-18-44/h9,22,24-27,32,37-38,51H,2,8,10-21,23H2,1,3-7H3,(H,53,54)(H,46,52,55)/t25-,26+,32-,37?,38+,42-,43+,44?/m1/s1. The van der Waals surface area contributed by atoms with Crippen LogP contribution in [0.15, 0.2) is 29.7 Å². The molecular weight excluding hydrogens is 733 g/mol. The van der Waals surface area contributed by atoms with Crippen molar-refractivity contribution in [3.05, 3.63) is 46.5 Å². The van der Waals surface area contributed by atoms with Gasteiger partial charge in [-0.25, -0.2) is 14.0 Å². The highest BCUT2D eigenvalue weighted by atomic mass is 19.1. The van der Waals surface area contributed by atoms with E-state index in [-0.39, 0.29) is 66.8 Å². The molecule has 6 rings (SSSR count). The summed E-state index contributed by atoms with van der Waals surface area (Å²) in [6.07, 6.45) is 7.65. The maximum absolute atomic E-state index is 16.0. The normalized spacial score (nSPS) is 31.6. The topological polar surface area (TPSA) is 164 Å². The smallest absolute Gasteiger partial charge is 0.414 e. The van der Waals surface area contributed by atoms with Crippen LogP contribution in [0, 0.1) is 45.7 Å². The zero-order chi connectivity index (χ0) is 41.6. The number of aromatic nitrogens is 1. The average molecular weight is 794 g/mol. The number of ether oxygens (including phenoxy) is 2. The lowest BCUT2D eigenvalue weighted by Gasteiger charge is -2.61. The van der Waals surface area contributed by atoms with E-state index in [4.69, 9.17) is 9.47 Å². The van der Waals surface area contributed by atoms with E-state index < -0.39 is 75.1 Å². The second-order valence-corrected chi connectivity index (χ2v) is 17.8. The highest BCUT2D eigenvalue weighted by molar-refractivity contribution is 5.97. The molecule has 2 aromatic rings. The molecule has 3 N–H and O–H groups in total. The number of unbranched alkanes of at least 4 members (excludes halogenated alkanes) is 3. The summed E-state index contributed by atoms with van der Waals surface area (Å²) >= 11 is 0. The van der Waals surface area contributed by atoms with Crippen LogP contribution in [-0.4, -0.2) is 70.9 Å². The fourth-order valence-electron chi connectivity index (χ4n) is 11.2. The third-order valence-corrected chi connectivity index (χ3v) is 14.9. The number of carbonyl (C=O) groups is 4. The number of nitrogens with one attached hydrogen (secondary N) is 1. The van der Waals surface area contributed by atoms with Crippen molar-refractivity contribution in [2.45, 2.75) is 124 Å². The minimum absolute atomic E-state index is 0.0366. The van der Waals surface area contributed by atoms with E-state index in [1.165, 1.54) is 13.3 Å². The van der Waals surface area contributed by atoms with Crippen molar-refractivity contribution in [2.75, 3.05) is 25.1 Å². The van der Waals surface area contributed by atoms with Crippen LogP contribution in [-0.2, 0) is 20.9 Å². The van der Waals surface area contributed by atoms with Gasteiger partial charge in [0, 0.05) is 54.9 Å². The number of carboxylic acid groups (broad SMARTS) is 1. The number of benzene rings is 1. The Hall–Kier alpha value is -4.26. The fourth-order valence-corrected chi connectivity index (χ4v) is 11.2. The number of alkyl carbamates (subject to hydrolysis) is 1. The Morgan fingerprint density at radius 1 is 1.09 bits per heavy atom. The SMILES string of the molecule is C=C[C@]1(C)C[C@@H](OC(=O)NC(=O)C2CCN(c3c(F)cc4c(=O)c(C(=O)O)cn(CCCCCC)c4c3OC)CC2)[C@@]2(C)C3C(=O)CCC3(CC[C@H]2C)[C@@H](C)[C@@H]1O. The van der Waals surface area contributed by atoms with Crippen LogP contribution in [0.3, 0.4) is 0 Å². The molecule has 12 nitrogen and oxygen atoms in total. The fraction of sp³-hybridized carbons (Fsp3) is 0.659. The molecule has 312 valence electrons. The molecule has 0 radical (unpaired) electrons. The summed E-state index contributed by atoms with van der Waals surface area (Å²) in [7, 11) is 1.38. The van der Waals surface area contributed by atoms with Gasteiger partial charge in [0.05, 0.1) is 24.1 Å². The van der Waals surface area contributed by atoms with E-state index in [2.05, 4.69) is 25.7 Å². The number of nitrogens with zero attached hydrogens (tertiary/aromatic N) is 2. The number of Topliss-reactive ketones (excluding diaryl/α,β-unsaturated/α-hetero) is 1. The van der Waals surface area contributed by atoms with E-state index >= 15 is 4.39 Å². The zero-order valence-corrected chi connectivity index (χ0v) is 34.3. The summed E-state index contributed by atoms with van der Waals surface area (Å²) in [4.78, 5) is 68.0. The number of fused-ring (bicyclic) bond motifs is 1. The quantitative estimate of drug-likeness (QED) is 0.156. The largest absolute Gasteiger partial charge is 0.492 e. The first-order valence-corrected chi connectivity index (χ1v) is 20.8. The van der Waals surface area contributed by atoms with Gasteiger partial charge in [-0.05, 0) is 68.3 Å². The Bertz CT molecular complexity index is 1990. The van der Waals surface area contributed by atoms with Gasteiger partial charge in [-0.1, -0.05) is 60.0 Å². The Morgan fingerprint density at radius 2 is 1.79 bits per heavy atom. The minimum atomic E-state index is -1.39. The number of aromatic carboxylic acids is 1. The molecule has 3 saturated carbocycles. The molecule has 2 amide bonds. The molecular formula is C44H60FN3O9. The van der Waals surface area contributed by atoms with Gasteiger partial charge in [-0.2, -0.15) is 0 Å². The van der Waals surface area contributed by atoms with E-state index in [0.29, 0.717) is 24.9 Å². The number of aliphatic hydroxyl groups excluding tert-OH is 1. The van der Waals surface area contributed by atoms with Crippen molar-refractivity contribution in [3.8, 4) is 5.75 Å². The Balaban J connectivity index is 1.21. The molecule has 1 saturated heterocycles. The predicted molar refractivity (Wildman–Crippen MR) is 214 cm³/mol. The number of methoxy groups -OCH3 is 1. The van der Waals surface area contributed by atoms with E-state index in [1.807, 2.05) is 20.8 Å². The number of halogens is 1. The van der Waals surface area contributed by atoms with Gasteiger partial charge in [-0.15, -0.1) is 6.58 Å². The molecule has 13 heteroatoms. The Labute approximate surface area is 334 Å². The van der Waals surface area contributed by atoms with Crippen LogP contribution >= 0.6 is 0 Å². The minimum Gasteiger partial charge on any atom is -0.492 e. The van der Waals surface area contributed by atoms with Gasteiger partial charge in [-0.3, -0.25) is 19.7 Å². The number of ketones is 1. The first-order valence-electron chi connectivity index (χ1n) is 20.8. The van der Waals surface area contributed by atoms with Crippen molar-refractivity contribution in [1.29, 1.82) is 0 Å². The monoisotopic (exact) mass is 793 g/mol. The molecule has 2 bridgehead atoms. The van der Waals surface area contributed by atoms with Crippen molar-refractivity contribution in [2.24, 2.45) is 39.9 Å². The van der Waals surface area contributed by atoms with Gasteiger partial charge in [0.1, 0.15) is 23.1 Å². The number of aryl methyl sites for hydroxylation is 1. The van der Waals surface area contributed by atoms with Crippen LogP contribution in [0.2, 0.25) is 0 Å². The molecule has 3 aliphatic carbocycles. The lowest BCUT2D eigenvalue weighted by atomic mass is 9.44. The zero-order valence-electron chi connectivity index (χ0n) is 34.3. The van der Waals surface area contributed by atoms with Gasteiger partial charge >= 0.3 is 12.1 Å². The summed E-state index contributed by atoms with van der Waals surface area (Å²) in [5, 5.41) is 23.9. The number of hydrogen-bond donors (Lipinski definition) is 3. The number of piperidine rings is 1. The second kappa shape index (κ2) is 16.2. The van der Waals surface area contributed by atoms with E-state index in [0.717, 1.165) is 44.6 Å². The second-order valence-electron chi connectivity index (χ2n) is 17.8. The van der Waals surface area contributed by atoms with E-state index in [1.54, 1.807) is 15.5 Å². The number of amides is 2. The van der Waals surface area contributed by atoms with Gasteiger partial charge < -0.3 is 29.2 Å². The average Bonchev–Trinajstić information content (AvgIpc) is 3.54. The van der Waals surface area contributed by atoms with Crippen LogP contribution in [0.1, 0.15) is 116 Å². The lowest BCUT2D eigenvalue weighted by Crippen LogP contribution is -2.63. The summed E-state index contributed by atoms with van der Waals surface area (Å²) in [6.45, 7) is 15.1. The van der Waals surface area contributed by atoms with Crippen molar-refractivity contribution >= 4 is 40.3 Å². The lowest BCUT2D eigenvalue weighted by molar-refractivity contribution is -0.191. The molecule has 4 fully saturated rings. The maximum atomic E-state index is 16.0. The number of aliphatic hydroxyl groups is 1. The summed E-state index contributed by atoms with van der Waals surface area (Å²) in [6, 6.07) is 1.07. The number of pyridine rings is 1. The molecule has 2 heterocycles. The highest BCUT2D eigenvalue weighted by Crippen LogP contribution is 2.68. The van der Waals surface area contributed by atoms with Crippen LogP contribution < -0.4 is 20.4 Å². The Morgan fingerprint density at radius 3 is 2.42 bits per heavy atom. The molecule has 4 aliphatic rings. The summed E-state index contributed by atoms with van der Waals surface area (Å²) in [5.74, 6) is -3.53. The number of anilines is 1. The van der Waals surface area contributed by atoms with Crippen molar-refractivity contribution in [3.63, 3.8) is 0 Å². The molecule has 1 aromatic carbocycles. The number of hydrogen-bond acceptors (Lipinski definition) is 9. The van der Waals surface area contributed by atoms with Crippen LogP contribution in [0.4, 0.5) is 14.9 Å². The third-order valence-electron chi connectivity index (χ3n) is 14.9. The maximum Gasteiger partial charge on any atom is 0.414 e. The van der Waals surface area contributed by atoms with Crippen LogP contribution in [0.25, 0.3) is 10.9 Å². The highest BCUT2D eigenvalue weighted by Gasteiger charge is 2.68. The summed E-state index contributed by atoms with van der Waals surface area (Å²) < 4.78 is 29.7. The summed E-state index contributed by atoms with van der Waals surface area (Å²) in [5.41, 5.74) is -2.79. The van der Waals surface area contributed by atoms with Crippen LogP contribution in [0.5, 0.6) is 5.75 Å². The van der Waals surface area contributed by atoms with Gasteiger partial charge in [0.25, 0.3) is 0 Å². The third kappa shape index (κ3) is 7.16. The predicted octanol–water partition coefficient (Wildman–Crippen LogP) is 7.26. The van der Waals surface area contributed by atoms with Crippen molar-refractivity contribution in [1.82, 2.24) is 9.88 Å². The number of carboxylic acids is 1. The molecule has 0 spiro atoms. The first kappa shape index (κ1) is 42.3. The van der Waals surface area contributed by atoms with Crippen molar-refractivity contribution < 1.29 is 43.3 Å². The molecule has 1 aromatic heterocycles. The first-order chi connectivity index (χ1) is 27.0. The van der Waals surface area contributed by atoms with Gasteiger partial charge in [0.2, 0.25) is 11.3 Å². The molecule has 2 unspecified atom stereocenters. The Kier molecular flexibility index (Phi) is 12.0. The number of rotatable bonds is 11.